The molecule has 0 unspecified atom stereocenters. The summed E-state index contributed by atoms with van der Waals surface area (Å²) in [6.07, 6.45) is 3.89. The van der Waals surface area contributed by atoms with E-state index in [4.69, 9.17) is 0 Å². The maximum Gasteiger partial charge on any atom is 0.254 e. The van der Waals surface area contributed by atoms with Gasteiger partial charge in [0, 0.05) is 63.4 Å². The van der Waals surface area contributed by atoms with E-state index in [2.05, 4.69) is 50.4 Å². The van der Waals surface area contributed by atoms with E-state index >= 15 is 0 Å². The van der Waals surface area contributed by atoms with E-state index in [0.717, 1.165) is 43.0 Å². The molecule has 4 heterocycles. The minimum absolute atomic E-state index is 0.130. The van der Waals surface area contributed by atoms with E-state index in [1.165, 1.54) is 17.1 Å². The van der Waals surface area contributed by atoms with Gasteiger partial charge >= 0.3 is 0 Å². The zero-order valence-corrected chi connectivity index (χ0v) is 15.7. The van der Waals surface area contributed by atoms with E-state index < -0.39 is 0 Å². The summed E-state index contributed by atoms with van der Waals surface area (Å²) in [5.74, 6) is 1.34. The van der Waals surface area contributed by atoms with Crippen molar-refractivity contribution >= 4 is 23.1 Å². The van der Waals surface area contributed by atoms with Gasteiger partial charge in [0.05, 0.1) is 0 Å². The van der Waals surface area contributed by atoms with Gasteiger partial charge in [0.2, 0.25) is 0 Å². The summed E-state index contributed by atoms with van der Waals surface area (Å²) in [4.78, 5) is 23.2. The standard InChI is InChI=1S/C21H23N5O/c1-15-11-19-22-5-6-26(19)20(12-15)25-9-7-24(8-10-25)17-3-4-18-16(13-17)14-23(2)21(18)27/h3-6,11-13H,7-10,14H2,1-2H3. The van der Waals surface area contributed by atoms with Crippen LogP contribution in [0.5, 0.6) is 0 Å². The summed E-state index contributed by atoms with van der Waals surface area (Å²) < 4.78 is 2.17. The molecule has 0 bridgehead atoms. The fraction of sp³-hybridized carbons (Fsp3) is 0.333. The lowest BCUT2D eigenvalue weighted by Gasteiger charge is -2.37. The van der Waals surface area contributed by atoms with Crippen LogP contribution in [0.4, 0.5) is 11.5 Å². The third kappa shape index (κ3) is 2.63. The molecule has 138 valence electrons. The maximum atomic E-state index is 12.1. The van der Waals surface area contributed by atoms with Crippen molar-refractivity contribution in [3.05, 3.63) is 59.4 Å². The van der Waals surface area contributed by atoms with E-state index in [9.17, 15) is 4.79 Å². The number of anilines is 2. The van der Waals surface area contributed by atoms with E-state index in [0.29, 0.717) is 6.54 Å². The number of aromatic nitrogens is 2. The van der Waals surface area contributed by atoms with Crippen LogP contribution in [0.2, 0.25) is 0 Å². The smallest absolute Gasteiger partial charge is 0.254 e. The van der Waals surface area contributed by atoms with E-state index in [1.807, 2.05) is 25.5 Å². The second kappa shape index (κ2) is 6.01. The van der Waals surface area contributed by atoms with Crippen LogP contribution in [-0.4, -0.2) is 53.4 Å². The highest BCUT2D eigenvalue weighted by molar-refractivity contribution is 5.98. The average Bonchev–Trinajstić information content (AvgIpc) is 3.25. The molecule has 2 aliphatic heterocycles. The van der Waals surface area contributed by atoms with Gasteiger partial charge in [-0.1, -0.05) is 0 Å². The molecule has 27 heavy (non-hydrogen) atoms. The summed E-state index contributed by atoms with van der Waals surface area (Å²) in [6.45, 7) is 6.69. The largest absolute Gasteiger partial charge is 0.368 e. The first-order valence-corrected chi connectivity index (χ1v) is 9.42. The summed E-state index contributed by atoms with van der Waals surface area (Å²) in [7, 11) is 1.86. The number of aryl methyl sites for hydroxylation is 1. The molecular weight excluding hydrogens is 338 g/mol. The Balaban J connectivity index is 1.36. The lowest BCUT2D eigenvalue weighted by molar-refractivity contribution is 0.0816. The number of fused-ring (bicyclic) bond motifs is 2. The zero-order chi connectivity index (χ0) is 18.5. The molecular formula is C21H23N5O. The fourth-order valence-electron chi connectivity index (χ4n) is 4.22. The van der Waals surface area contributed by atoms with E-state index in [1.54, 1.807) is 4.90 Å². The van der Waals surface area contributed by atoms with Gasteiger partial charge in [0.25, 0.3) is 5.91 Å². The second-order valence-corrected chi connectivity index (χ2v) is 7.52. The number of hydrogen-bond acceptors (Lipinski definition) is 4. The van der Waals surface area contributed by atoms with Crippen molar-refractivity contribution in [1.29, 1.82) is 0 Å². The summed E-state index contributed by atoms with van der Waals surface area (Å²) >= 11 is 0. The number of carbonyl (C=O) groups is 1. The maximum absolute atomic E-state index is 12.1. The number of rotatable bonds is 2. The zero-order valence-electron chi connectivity index (χ0n) is 15.7. The van der Waals surface area contributed by atoms with Crippen molar-refractivity contribution < 1.29 is 4.79 Å². The predicted molar refractivity (Wildman–Crippen MR) is 107 cm³/mol. The number of nitrogens with zero attached hydrogens (tertiary/aromatic N) is 5. The molecule has 0 aliphatic carbocycles. The molecule has 1 saturated heterocycles. The highest BCUT2D eigenvalue weighted by Crippen LogP contribution is 2.28. The lowest BCUT2D eigenvalue weighted by atomic mass is 10.1. The third-order valence-electron chi connectivity index (χ3n) is 5.67. The Kier molecular flexibility index (Phi) is 3.60. The number of amides is 1. The van der Waals surface area contributed by atoms with Crippen LogP contribution in [0.1, 0.15) is 21.5 Å². The average molecular weight is 361 g/mol. The van der Waals surface area contributed by atoms with Crippen LogP contribution in [-0.2, 0) is 6.54 Å². The van der Waals surface area contributed by atoms with Gasteiger partial charge in [-0.2, -0.15) is 0 Å². The molecule has 0 spiro atoms. The van der Waals surface area contributed by atoms with Gasteiger partial charge in [-0.15, -0.1) is 0 Å². The molecule has 2 aliphatic rings. The summed E-state index contributed by atoms with van der Waals surface area (Å²) in [6, 6.07) is 10.6. The van der Waals surface area contributed by atoms with Gasteiger partial charge in [0.15, 0.2) is 0 Å². The van der Waals surface area contributed by atoms with Gasteiger partial charge in [0.1, 0.15) is 11.5 Å². The predicted octanol–water partition coefficient (Wildman–Crippen LogP) is 2.55. The number of pyridine rings is 1. The molecule has 0 N–H and O–H groups in total. The molecule has 2 aromatic heterocycles. The van der Waals surface area contributed by atoms with Crippen molar-refractivity contribution in [2.45, 2.75) is 13.5 Å². The first-order chi connectivity index (χ1) is 13.1. The van der Waals surface area contributed by atoms with Crippen LogP contribution in [0, 0.1) is 6.92 Å². The Hall–Kier alpha value is -3.02. The minimum atomic E-state index is 0.130. The number of benzene rings is 1. The summed E-state index contributed by atoms with van der Waals surface area (Å²) in [5.41, 5.74) is 5.44. The minimum Gasteiger partial charge on any atom is -0.368 e. The second-order valence-electron chi connectivity index (χ2n) is 7.52. The Labute approximate surface area is 158 Å². The molecule has 0 saturated carbocycles. The molecule has 1 fully saturated rings. The molecule has 0 atom stereocenters. The van der Waals surface area contributed by atoms with Gasteiger partial charge in [-0.25, -0.2) is 4.98 Å². The van der Waals surface area contributed by atoms with Crippen LogP contribution in [0.25, 0.3) is 5.65 Å². The van der Waals surface area contributed by atoms with Gasteiger partial charge in [-0.3, -0.25) is 9.20 Å². The quantitative estimate of drug-likeness (QED) is 0.704. The fourth-order valence-corrected chi connectivity index (χ4v) is 4.22. The van der Waals surface area contributed by atoms with Crippen LogP contribution in [0.3, 0.4) is 0 Å². The van der Waals surface area contributed by atoms with Gasteiger partial charge < -0.3 is 14.7 Å². The number of carbonyl (C=O) groups excluding carboxylic acids is 1. The molecule has 1 amide bonds. The summed E-state index contributed by atoms with van der Waals surface area (Å²) in [5, 5.41) is 0. The highest BCUT2D eigenvalue weighted by Gasteiger charge is 2.26. The first kappa shape index (κ1) is 16.2. The SMILES string of the molecule is Cc1cc(N2CCN(c3ccc4c(c3)CN(C)C4=O)CC2)n2ccnc2c1. The molecule has 3 aromatic rings. The van der Waals surface area contributed by atoms with Crippen molar-refractivity contribution in [2.75, 3.05) is 43.0 Å². The lowest BCUT2D eigenvalue weighted by Crippen LogP contribution is -2.47. The monoisotopic (exact) mass is 361 g/mol. The molecule has 5 rings (SSSR count). The Morgan fingerprint density at radius 2 is 1.78 bits per heavy atom. The van der Waals surface area contributed by atoms with Crippen LogP contribution < -0.4 is 9.80 Å². The van der Waals surface area contributed by atoms with Crippen molar-refractivity contribution in [3.63, 3.8) is 0 Å². The van der Waals surface area contributed by atoms with E-state index in [-0.39, 0.29) is 5.91 Å². The van der Waals surface area contributed by atoms with Crippen LogP contribution >= 0.6 is 0 Å². The first-order valence-electron chi connectivity index (χ1n) is 9.42. The van der Waals surface area contributed by atoms with Crippen molar-refractivity contribution in [3.8, 4) is 0 Å². The van der Waals surface area contributed by atoms with Crippen LogP contribution in [0.15, 0.2) is 42.7 Å². The topological polar surface area (TPSA) is 44.1 Å². The molecule has 0 radical (unpaired) electrons. The molecule has 6 nitrogen and oxygen atoms in total. The number of piperazine rings is 1. The Morgan fingerprint density at radius 3 is 2.59 bits per heavy atom. The number of hydrogen-bond donors (Lipinski definition) is 0. The normalized spacial score (nSPS) is 17.1. The number of imidazole rings is 1. The molecule has 1 aromatic carbocycles. The Morgan fingerprint density at radius 1 is 1.00 bits per heavy atom. The Bertz CT molecular complexity index is 1030. The highest BCUT2D eigenvalue weighted by atomic mass is 16.2. The third-order valence-corrected chi connectivity index (χ3v) is 5.67. The van der Waals surface area contributed by atoms with Crippen molar-refractivity contribution in [2.24, 2.45) is 0 Å². The molecule has 6 heteroatoms. The van der Waals surface area contributed by atoms with Gasteiger partial charge in [-0.05, 0) is 48.4 Å². The van der Waals surface area contributed by atoms with Crippen molar-refractivity contribution in [1.82, 2.24) is 14.3 Å².